The number of nitrogens with one attached hydrogen (secondary N) is 1. The van der Waals surface area contributed by atoms with Gasteiger partial charge in [0.25, 0.3) is 0 Å². The molecule has 2 unspecified atom stereocenters. The van der Waals surface area contributed by atoms with Gasteiger partial charge in [0.1, 0.15) is 0 Å². The zero-order chi connectivity index (χ0) is 14.0. The van der Waals surface area contributed by atoms with E-state index in [9.17, 15) is 30.7 Å². The van der Waals surface area contributed by atoms with Crippen LogP contribution in [0.4, 0.5) is 30.7 Å². The van der Waals surface area contributed by atoms with Crippen molar-refractivity contribution in [3.05, 3.63) is 0 Å². The highest BCUT2D eigenvalue weighted by Crippen LogP contribution is 2.38. The van der Waals surface area contributed by atoms with Gasteiger partial charge >= 0.3 is 18.5 Å². The van der Waals surface area contributed by atoms with E-state index in [-0.39, 0.29) is 12.8 Å². The Kier molecular flexibility index (Phi) is 4.85. The fourth-order valence-electron chi connectivity index (χ4n) is 2.11. The van der Waals surface area contributed by atoms with Gasteiger partial charge in [-0.25, -0.2) is 8.78 Å². The molecule has 0 aromatic carbocycles. The van der Waals surface area contributed by atoms with Crippen molar-refractivity contribution >= 4 is 0 Å². The predicted molar refractivity (Wildman–Crippen MR) is 50.8 cm³/mol. The summed E-state index contributed by atoms with van der Waals surface area (Å²) in [6, 6.07) is -1.21. The lowest BCUT2D eigenvalue weighted by atomic mass is 9.84. The average Bonchev–Trinajstić information content (AvgIpc) is 2.25. The van der Waals surface area contributed by atoms with Crippen molar-refractivity contribution in [2.24, 2.45) is 5.92 Å². The van der Waals surface area contributed by atoms with Crippen LogP contribution in [0.3, 0.4) is 0 Å². The molecule has 0 bridgehead atoms. The van der Waals surface area contributed by atoms with Crippen LogP contribution in [0.15, 0.2) is 0 Å². The highest BCUT2D eigenvalue weighted by Gasteiger charge is 2.47. The van der Waals surface area contributed by atoms with E-state index in [0.29, 0.717) is 12.8 Å². The molecule has 18 heavy (non-hydrogen) atoms. The van der Waals surface area contributed by atoms with Crippen LogP contribution in [0.1, 0.15) is 25.7 Å². The van der Waals surface area contributed by atoms with Gasteiger partial charge in [0, 0.05) is 6.04 Å². The van der Waals surface area contributed by atoms with E-state index in [1.165, 1.54) is 0 Å². The largest absolute Gasteiger partial charge is 0.393 e. The predicted octanol–water partition coefficient (Wildman–Crippen LogP) is 3.60. The molecule has 1 aliphatic rings. The van der Waals surface area contributed by atoms with Crippen LogP contribution in [-0.2, 0) is 0 Å². The van der Waals surface area contributed by atoms with E-state index < -0.39 is 37.0 Å². The first-order valence-electron chi connectivity index (χ1n) is 5.60. The summed E-state index contributed by atoms with van der Waals surface area (Å²) in [5.74, 6) is -6.03. The smallest absolute Gasteiger partial charge is 0.308 e. The quantitative estimate of drug-likeness (QED) is 0.776. The third-order valence-electron chi connectivity index (χ3n) is 3.11. The first-order chi connectivity index (χ1) is 8.14. The van der Waals surface area contributed by atoms with Gasteiger partial charge in [-0.05, 0) is 12.8 Å². The number of hydrogen-bond donors (Lipinski definition) is 1. The second-order valence-electron chi connectivity index (χ2n) is 4.48. The lowest BCUT2D eigenvalue weighted by Gasteiger charge is -2.34. The summed E-state index contributed by atoms with van der Waals surface area (Å²) in [6.07, 6.45) is -7.60. The van der Waals surface area contributed by atoms with E-state index in [0.717, 1.165) is 0 Å². The standard InChI is InChI=1S/C10H14F7N/c11-8(12)9(13,14)5-18-7-4-2-1-3-6(7)10(15,16)17/h6-8,18H,1-5H2. The van der Waals surface area contributed by atoms with Gasteiger partial charge in [-0.1, -0.05) is 12.8 Å². The van der Waals surface area contributed by atoms with E-state index in [2.05, 4.69) is 0 Å². The second-order valence-corrected chi connectivity index (χ2v) is 4.48. The molecule has 2 atom stereocenters. The van der Waals surface area contributed by atoms with Gasteiger partial charge in [-0.15, -0.1) is 0 Å². The molecule has 108 valence electrons. The summed E-state index contributed by atoms with van der Waals surface area (Å²) in [5.41, 5.74) is 0. The molecule has 0 heterocycles. The Morgan fingerprint density at radius 3 is 2.06 bits per heavy atom. The molecular weight excluding hydrogens is 267 g/mol. The minimum Gasteiger partial charge on any atom is -0.308 e. The Hall–Kier alpha value is -0.530. The number of rotatable bonds is 4. The van der Waals surface area contributed by atoms with E-state index in [1.54, 1.807) is 0 Å². The Bertz CT molecular complexity index is 263. The first-order valence-corrected chi connectivity index (χ1v) is 5.60. The summed E-state index contributed by atoms with van der Waals surface area (Å²) in [7, 11) is 0. The molecule has 0 aromatic heterocycles. The van der Waals surface area contributed by atoms with Crippen molar-refractivity contribution in [2.45, 2.75) is 50.2 Å². The van der Waals surface area contributed by atoms with Crippen molar-refractivity contribution in [3.63, 3.8) is 0 Å². The van der Waals surface area contributed by atoms with Crippen molar-refractivity contribution in [1.29, 1.82) is 0 Å². The Morgan fingerprint density at radius 1 is 1.00 bits per heavy atom. The molecule has 0 radical (unpaired) electrons. The van der Waals surface area contributed by atoms with Crippen LogP contribution in [-0.4, -0.2) is 31.1 Å². The fraction of sp³-hybridized carbons (Fsp3) is 1.00. The average molecular weight is 281 g/mol. The second kappa shape index (κ2) is 5.63. The zero-order valence-corrected chi connectivity index (χ0v) is 9.41. The van der Waals surface area contributed by atoms with Crippen LogP contribution in [0.25, 0.3) is 0 Å². The van der Waals surface area contributed by atoms with Gasteiger partial charge in [0.2, 0.25) is 0 Å². The molecule has 0 saturated heterocycles. The molecule has 8 heteroatoms. The molecular formula is C10H14F7N. The lowest BCUT2D eigenvalue weighted by Crippen LogP contribution is -2.50. The molecule has 0 aliphatic heterocycles. The summed E-state index contributed by atoms with van der Waals surface area (Å²) in [4.78, 5) is 0. The van der Waals surface area contributed by atoms with Crippen LogP contribution in [0.5, 0.6) is 0 Å². The minimum absolute atomic E-state index is 0.0729. The van der Waals surface area contributed by atoms with Crippen LogP contribution >= 0.6 is 0 Å². The highest BCUT2D eigenvalue weighted by atomic mass is 19.4. The third-order valence-corrected chi connectivity index (χ3v) is 3.11. The fourth-order valence-corrected chi connectivity index (χ4v) is 2.11. The van der Waals surface area contributed by atoms with Crippen LogP contribution < -0.4 is 5.32 Å². The molecule has 1 rings (SSSR count). The van der Waals surface area contributed by atoms with Crippen molar-refractivity contribution in [1.82, 2.24) is 5.32 Å². The maximum atomic E-state index is 12.6. The topological polar surface area (TPSA) is 12.0 Å². The lowest BCUT2D eigenvalue weighted by molar-refractivity contribution is -0.191. The van der Waals surface area contributed by atoms with Gasteiger partial charge in [-0.2, -0.15) is 22.0 Å². The van der Waals surface area contributed by atoms with Crippen molar-refractivity contribution < 1.29 is 30.7 Å². The Labute approximate surface area is 99.7 Å². The summed E-state index contributed by atoms with van der Waals surface area (Å²) < 4.78 is 86.8. The molecule has 0 aromatic rings. The Morgan fingerprint density at radius 2 is 1.56 bits per heavy atom. The van der Waals surface area contributed by atoms with Crippen LogP contribution in [0.2, 0.25) is 0 Å². The minimum atomic E-state index is -4.49. The maximum absolute atomic E-state index is 12.6. The van der Waals surface area contributed by atoms with Gasteiger partial charge in [-0.3, -0.25) is 0 Å². The zero-order valence-electron chi connectivity index (χ0n) is 9.41. The van der Waals surface area contributed by atoms with Gasteiger partial charge in [0.15, 0.2) is 0 Å². The van der Waals surface area contributed by atoms with Crippen molar-refractivity contribution in [2.75, 3.05) is 6.54 Å². The molecule has 1 aliphatic carbocycles. The van der Waals surface area contributed by atoms with Gasteiger partial charge < -0.3 is 5.32 Å². The molecule has 0 spiro atoms. The molecule has 0 amide bonds. The number of halogens is 7. The molecule has 1 N–H and O–H groups in total. The number of alkyl halides is 7. The van der Waals surface area contributed by atoms with E-state index >= 15 is 0 Å². The SMILES string of the molecule is FC(F)C(F)(F)CNC1CCCCC1C(F)(F)F. The van der Waals surface area contributed by atoms with E-state index in [1.807, 2.05) is 5.32 Å². The van der Waals surface area contributed by atoms with Gasteiger partial charge in [0.05, 0.1) is 12.5 Å². The Balaban J connectivity index is 2.58. The summed E-state index contributed by atoms with van der Waals surface area (Å²) >= 11 is 0. The van der Waals surface area contributed by atoms with E-state index in [4.69, 9.17) is 0 Å². The highest BCUT2D eigenvalue weighted by molar-refractivity contribution is 4.87. The summed E-state index contributed by atoms with van der Waals surface area (Å²) in [5, 5.41) is 1.95. The number of hydrogen-bond acceptors (Lipinski definition) is 1. The molecule has 1 fully saturated rings. The first kappa shape index (κ1) is 15.5. The van der Waals surface area contributed by atoms with Crippen molar-refractivity contribution in [3.8, 4) is 0 Å². The summed E-state index contributed by atoms with van der Waals surface area (Å²) in [6.45, 7) is -1.43. The monoisotopic (exact) mass is 281 g/mol. The van der Waals surface area contributed by atoms with Crippen LogP contribution in [0, 0.1) is 5.92 Å². The molecule has 1 saturated carbocycles. The third kappa shape index (κ3) is 4.00. The maximum Gasteiger partial charge on any atom is 0.393 e. The molecule has 1 nitrogen and oxygen atoms in total. The normalized spacial score (nSPS) is 26.7.